The second-order valence-electron chi connectivity index (χ2n) is 6.27. The number of methoxy groups -OCH3 is 2. The van der Waals surface area contributed by atoms with E-state index in [1.807, 2.05) is 6.07 Å². The summed E-state index contributed by atoms with van der Waals surface area (Å²) >= 11 is 1.29. The maximum atomic E-state index is 12.4. The molecular formula is C22H20N2O6S. The quantitative estimate of drug-likeness (QED) is 0.535. The molecule has 0 aliphatic heterocycles. The summed E-state index contributed by atoms with van der Waals surface area (Å²) < 4.78 is 15.2. The Labute approximate surface area is 182 Å². The van der Waals surface area contributed by atoms with Gasteiger partial charge in [-0.3, -0.25) is 4.79 Å². The molecule has 0 unspecified atom stereocenters. The molecule has 0 fully saturated rings. The van der Waals surface area contributed by atoms with Gasteiger partial charge in [-0.15, -0.1) is 11.3 Å². The van der Waals surface area contributed by atoms with Crippen molar-refractivity contribution in [3.05, 3.63) is 75.7 Å². The Morgan fingerprint density at radius 1 is 0.968 bits per heavy atom. The molecule has 9 heteroatoms. The standard InChI is InChI=1S/C22H20N2O6S/c1-28-18-10-6-5-9-17(18)24-19(25)11-20-23-14(13-31-20)12-30-22(27)16-8-4-3-7-15(16)21(26)29-2/h3-10,13H,11-12H2,1-2H3,(H,24,25). The molecule has 3 aromatic rings. The van der Waals surface area contributed by atoms with Crippen molar-refractivity contribution in [2.75, 3.05) is 19.5 Å². The number of amides is 1. The van der Waals surface area contributed by atoms with Crippen LogP contribution in [0.3, 0.4) is 0 Å². The summed E-state index contributed by atoms with van der Waals surface area (Å²) in [7, 11) is 2.77. The Morgan fingerprint density at radius 2 is 1.65 bits per heavy atom. The fraction of sp³-hybridized carbons (Fsp3) is 0.182. The van der Waals surface area contributed by atoms with E-state index < -0.39 is 11.9 Å². The lowest BCUT2D eigenvalue weighted by atomic mass is 10.1. The van der Waals surface area contributed by atoms with E-state index in [1.165, 1.54) is 37.7 Å². The second kappa shape index (κ2) is 10.4. The van der Waals surface area contributed by atoms with Crippen LogP contribution in [0.4, 0.5) is 5.69 Å². The summed E-state index contributed by atoms with van der Waals surface area (Å²) in [4.78, 5) is 40.8. The lowest BCUT2D eigenvalue weighted by molar-refractivity contribution is -0.115. The number of benzene rings is 2. The monoisotopic (exact) mass is 440 g/mol. The van der Waals surface area contributed by atoms with Crippen LogP contribution in [0.2, 0.25) is 0 Å². The predicted octanol–water partition coefficient (Wildman–Crippen LogP) is 3.48. The lowest BCUT2D eigenvalue weighted by Crippen LogP contribution is -2.15. The molecule has 1 aromatic heterocycles. The molecule has 1 N–H and O–H groups in total. The molecule has 2 aromatic carbocycles. The van der Waals surface area contributed by atoms with Gasteiger partial charge in [0.05, 0.1) is 43.1 Å². The highest BCUT2D eigenvalue weighted by molar-refractivity contribution is 7.09. The van der Waals surface area contributed by atoms with Crippen molar-refractivity contribution < 1.29 is 28.6 Å². The number of aromatic nitrogens is 1. The highest BCUT2D eigenvalue weighted by Gasteiger charge is 2.19. The number of esters is 2. The minimum atomic E-state index is -0.663. The minimum Gasteiger partial charge on any atom is -0.495 e. The van der Waals surface area contributed by atoms with Crippen molar-refractivity contribution >= 4 is 34.9 Å². The maximum Gasteiger partial charge on any atom is 0.339 e. The zero-order chi connectivity index (χ0) is 22.2. The molecule has 1 amide bonds. The highest BCUT2D eigenvalue weighted by atomic mass is 32.1. The van der Waals surface area contributed by atoms with Crippen molar-refractivity contribution in [3.8, 4) is 5.75 Å². The molecule has 0 saturated heterocycles. The van der Waals surface area contributed by atoms with E-state index in [-0.39, 0.29) is 30.1 Å². The van der Waals surface area contributed by atoms with Gasteiger partial charge in [0, 0.05) is 5.38 Å². The minimum absolute atomic E-state index is 0.0713. The number of hydrogen-bond acceptors (Lipinski definition) is 8. The van der Waals surface area contributed by atoms with Gasteiger partial charge < -0.3 is 19.5 Å². The van der Waals surface area contributed by atoms with Crippen LogP contribution in [-0.4, -0.2) is 37.0 Å². The van der Waals surface area contributed by atoms with E-state index >= 15 is 0 Å². The molecule has 8 nitrogen and oxygen atoms in total. The van der Waals surface area contributed by atoms with E-state index in [4.69, 9.17) is 9.47 Å². The third-order valence-corrected chi connectivity index (χ3v) is 5.09. The molecule has 0 spiro atoms. The summed E-state index contributed by atoms with van der Waals surface area (Å²) in [5, 5.41) is 5.08. The number of rotatable bonds is 8. The van der Waals surface area contributed by atoms with Crippen molar-refractivity contribution in [2.45, 2.75) is 13.0 Å². The molecule has 0 aliphatic carbocycles. The molecule has 1 heterocycles. The van der Waals surface area contributed by atoms with Gasteiger partial charge in [0.15, 0.2) is 0 Å². The van der Waals surface area contributed by atoms with Crippen molar-refractivity contribution in [1.29, 1.82) is 0 Å². The summed E-state index contributed by atoms with van der Waals surface area (Å²) in [6.45, 7) is -0.0844. The van der Waals surface area contributed by atoms with E-state index in [9.17, 15) is 14.4 Å². The topological polar surface area (TPSA) is 104 Å². The third kappa shape index (κ3) is 5.67. The molecule has 160 valence electrons. The number of para-hydroxylation sites is 2. The third-order valence-electron chi connectivity index (χ3n) is 4.20. The number of carbonyl (C=O) groups is 3. The summed E-state index contributed by atoms with van der Waals surface area (Å²) in [5.41, 5.74) is 1.32. The first-order valence-electron chi connectivity index (χ1n) is 9.22. The zero-order valence-electron chi connectivity index (χ0n) is 16.9. The van der Waals surface area contributed by atoms with E-state index in [0.717, 1.165) is 0 Å². The lowest BCUT2D eigenvalue weighted by Gasteiger charge is -2.09. The van der Waals surface area contributed by atoms with Crippen LogP contribution in [0.25, 0.3) is 0 Å². The Kier molecular flexibility index (Phi) is 7.34. The molecule has 0 aliphatic rings. The Morgan fingerprint density at radius 3 is 2.35 bits per heavy atom. The van der Waals surface area contributed by atoms with E-state index in [0.29, 0.717) is 22.1 Å². The normalized spacial score (nSPS) is 10.3. The van der Waals surface area contributed by atoms with Crippen molar-refractivity contribution in [3.63, 3.8) is 0 Å². The van der Waals surface area contributed by atoms with Gasteiger partial charge in [0.2, 0.25) is 5.91 Å². The first-order chi connectivity index (χ1) is 15.0. The molecule has 0 radical (unpaired) electrons. The Bertz CT molecular complexity index is 1090. The molecule has 3 rings (SSSR count). The van der Waals surface area contributed by atoms with Gasteiger partial charge in [-0.1, -0.05) is 24.3 Å². The average molecular weight is 440 g/mol. The number of carbonyl (C=O) groups excluding carboxylic acids is 3. The summed E-state index contributed by atoms with van der Waals surface area (Å²) in [5.74, 6) is -0.960. The smallest absolute Gasteiger partial charge is 0.339 e. The zero-order valence-corrected chi connectivity index (χ0v) is 17.7. The predicted molar refractivity (Wildman–Crippen MR) is 114 cm³/mol. The largest absolute Gasteiger partial charge is 0.495 e. The Balaban J connectivity index is 1.57. The first-order valence-corrected chi connectivity index (χ1v) is 10.1. The van der Waals surface area contributed by atoms with Gasteiger partial charge in [-0.05, 0) is 24.3 Å². The van der Waals surface area contributed by atoms with Gasteiger partial charge in [-0.25, -0.2) is 14.6 Å². The average Bonchev–Trinajstić information content (AvgIpc) is 3.24. The first kappa shape index (κ1) is 22.0. The van der Waals surface area contributed by atoms with Crippen molar-refractivity contribution in [1.82, 2.24) is 4.98 Å². The Hall–Kier alpha value is -3.72. The van der Waals surface area contributed by atoms with Gasteiger partial charge in [0.1, 0.15) is 17.4 Å². The molecule has 0 atom stereocenters. The maximum absolute atomic E-state index is 12.4. The summed E-state index contributed by atoms with van der Waals surface area (Å²) in [6.07, 6.45) is 0.0713. The number of ether oxygens (including phenoxy) is 3. The van der Waals surface area contributed by atoms with Gasteiger partial charge in [0.25, 0.3) is 0 Å². The molecule has 31 heavy (non-hydrogen) atoms. The fourth-order valence-electron chi connectivity index (χ4n) is 2.74. The van der Waals surface area contributed by atoms with Crippen LogP contribution in [0.1, 0.15) is 31.4 Å². The SMILES string of the molecule is COC(=O)c1ccccc1C(=O)OCc1csc(CC(=O)Nc2ccccc2OC)n1. The summed E-state index contributed by atoms with van der Waals surface area (Å²) in [6, 6.07) is 13.3. The fourth-order valence-corrected chi connectivity index (χ4v) is 3.52. The molecule has 0 bridgehead atoms. The number of nitrogens with one attached hydrogen (secondary N) is 1. The second-order valence-corrected chi connectivity index (χ2v) is 7.21. The van der Waals surface area contributed by atoms with Gasteiger partial charge in [-0.2, -0.15) is 0 Å². The molecular weight excluding hydrogens is 420 g/mol. The van der Waals surface area contributed by atoms with Gasteiger partial charge >= 0.3 is 11.9 Å². The number of nitrogens with zero attached hydrogens (tertiary/aromatic N) is 1. The number of anilines is 1. The van der Waals surface area contributed by atoms with Crippen LogP contribution < -0.4 is 10.1 Å². The number of thiazole rings is 1. The molecule has 0 saturated carbocycles. The van der Waals surface area contributed by atoms with Crippen LogP contribution in [0.15, 0.2) is 53.9 Å². The van der Waals surface area contributed by atoms with Crippen LogP contribution in [0, 0.1) is 0 Å². The van der Waals surface area contributed by atoms with E-state index in [2.05, 4.69) is 15.0 Å². The van der Waals surface area contributed by atoms with Crippen molar-refractivity contribution in [2.24, 2.45) is 0 Å². The highest BCUT2D eigenvalue weighted by Crippen LogP contribution is 2.23. The van der Waals surface area contributed by atoms with E-state index in [1.54, 1.807) is 35.7 Å². The van der Waals surface area contributed by atoms with Crippen LogP contribution >= 0.6 is 11.3 Å². The van der Waals surface area contributed by atoms with Crippen LogP contribution in [-0.2, 0) is 27.3 Å². The van der Waals surface area contributed by atoms with Crippen LogP contribution in [0.5, 0.6) is 5.75 Å². The number of hydrogen-bond donors (Lipinski definition) is 1.